The smallest absolute Gasteiger partial charge is 0.340 e. The Morgan fingerprint density at radius 2 is 2.07 bits per heavy atom. The highest BCUT2D eigenvalue weighted by atomic mass is 16.5. The van der Waals surface area contributed by atoms with Gasteiger partial charge < -0.3 is 19.2 Å². The minimum absolute atomic E-state index is 0.00968. The molecule has 0 fully saturated rings. The van der Waals surface area contributed by atoms with Crippen molar-refractivity contribution in [2.45, 2.75) is 72.0 Å². The second-order valence-corrected chi connectivity index (χ2v) is 8.61. The minimum atomic E-state index is -0.469. The van der Waals surface area contributed by atoms with Crippen LogP contribution in [0.25, 0.3) is 11.0 Å². The largest absolute Gasteiger partial charge is 0.487 e. The summed E-state index contributed by atoms with van der Waals surface area (Å²) in [7, 11) is 0. The fraction of sp³-hybridized carbons (Fsp3) is 0.565. The Morgan fingerprint density at radius 1 is 1.31 bits per heavy atom. The molecule has 158 valence electrons. The summed E-state index contributed by atoms with van der Waals surface area (Å²) >= 11 is 0. The Labute approximate surface area is 171 Å². The molecule has 0 spiro atoms. The van der Waals surface area contributed by atoms with E-state index < -0.39 is 5.63 Å². The molecule has 0 radical (unpaired) electrons. The zero-order valence-electron chi connectivity index (χ0n) is 18.0. The molecule has 0 saturated heterocycles. The zero-order chi connectivity index (χ0) is 21.2. The maximum Gasteiger partial charge on any atom is 0.340 e. The number of nitrogens with one attached hydrogen (secondary N) is 1. The minimum Gasteiger partial charge on any atom is -0.487 e. The van der Waals surface area contributed by atoms with Gasteiger partial charge in [-0.2, -0.15) is 0 Å². The molecular weight excluding hydrogens is 370 g/mol. The van der Waals surface area contributed by atoms with Crippen molar-refractivity contribution in [2.24, 2.45) is 0 Å². The van der Waals surface area contributed by atoms with Crippen molar-refractivity contribution in [3.05, 3.63) is 39.2 Å². The summed E-state index contributed by atoms with van der Waals surface area (Å²) in [6.07, 6.45) is 2.76. The van der Waals surface area contributed by atoms with Crippen LogP contribution in [0.4, 0.5) is 0 Å². The fourth-order valence-electron chi connectivity index (χ4n) is 3.58. The highest BCUT2D eigenvalue weighted by molar-refractivity contribution is 5.86. The summed E-state index contributed by atoms with van der Waals surface area (Å²) in [5.41, 5.74) is 2.11. The molecule has 1 aromatic carbocycles. The molecule has 1 aliphatic heterocycles. The van der Waals surface area contributed by atoms with Gasteiger partial charge in [0.05, 0.1) is 18.1 Å². The first-order valence-corrected chi connectivity index (χ1v) is 10.3. The van der Waals surface area contributed by atoms with E-state index in [-0.39, 0.29) is 24.0 Å². The second kappa shape index (κ2) is 8.57. The van der Waals surface area contributed by atoms with Gasteiger partial charge in [0.2, 0.25) is 5.91 Å². The maximum absolute atomic E-state index is 12.5. The zero-order valence-corrected chi connectivity index (χ0v) is 18.0. The number of carbonyl (C=O) groups excluding carboxylic acids is 1. The summed E-state index contributed by atoms with van der Waals surface area (Å²) in [5, 5.41) is 3.71. The van der Waals surface area contributed by atoms with Crippen molar-refractivity contribution in [3.63, 3.8) is 0 Å². The van der Waals surface area contributed by atoms with Crippen LogP contribution in [0.1, 0.15) is 57.2 Å². The predicted molar refractivity (Wildman–Crippen MR) is 113 cm³/mol. The summed E-state index contributed by atoms with van der Waals surface area (Å²) in [6.45, 7) is 11.0. The average Bonchev–Trinajstić information content (AvgIpc) is 2.62. The molecule has 0 bridgehead atoms. The topological polar surface area (TPSA) is 77.8 Å². The molecule has 6 nitrogen and oxygen atoms in total. The van der Waals surface area contributed by atoms with E-state index in [0.29, 0.717) is 24.3 Å². The van der Waals surface area contributed by atoms with E-state index in [2.05, 4.69) is 19.2 Å². The Kier molecular flexibility index (Phi) is 6.32. The summed E-state index contributed by atoms with van der Waals surface area (Å²) in [4.78, 5) is 24.8. The predicted octanol–water partition coefficient (Wildman–Crippen LogP) is 3.68. The van der Waals surface area contributed by atoms with Crippen LogP contribution in [0.15, 0.2) is 21.3 Å². The molecule has 2 heterocycles. The lowest BCUT2D eigenvalue weighted by Gasteiger charge is -2.32. The summed E-state index contributed by atoms with van der Waals surface area (Å²) in [6, 6.07) is 3.83. The highest BCUT2D eigenvalue weighted by Crippen LogP contribution is 2.36. The van der Waals surface area contributed by atoms with Crippen molar-refractivity contribution in [3.8, 4) is 5.75 Å². The average molecular weight is 402 g/mol. The molecule has 1 N–H and O–H groups in total. The Bertz CT molecular complexity index is 958. The van der Waals surface area contributed by atoms with Crippen LogP contribution < -0.4 is 15.7 Å². The molecule has 1 aromatic heterocycles. The first-order valence-electron chi connectivity index (χ1n) is 10.3. The van der Waals surface area contributed by atoms with Gasteiger partial charge in [-0.05, 0) is 71.1 Å². The number of aryl methyl sites for hydroxylation is 2. The van der Waals surface area contributed by atoms with Crippen LogP contribution in [0.3, 0.4) is 0 Å². The van der Waals surface area contributed by atoms with Gasteiger partial charge in [0, 0.05) is 24.6 Å². The quantitative estimate of drug-likeness (QED) is 0.566. The van der Waals surface area contributed by atoms with Crippen molar-refractivity contribution in [2.75, 3.05) is 13.2 Å². The first kappa shape index (κ1) is 21.4. The number of rotatable bonds is 7. The number of fused-ring (bicyclic) bond motifs is 2. The van der Waals surface area contributed by atoms with Crippen molar-refractivity contribution in [1.29, 1.82) is 0 Å². The van der Waals surface area contributed by atoms with E-state index in [1.165, 1.54) is 0 Å². The third-order valence-corrected chi connectivity index (χ3v) is 5.28. The lowest BCUT2D eigenvalue weighted by atomic mass is 9.92. The van der Waals surface area contributed by atoms with Gasteiger partial charge >= 0.3 is 5.63 Å². The van der Waals surface area contributed by atoms with Gasteiger partial charge in [-0.25, -0.2) is 4.79 Å². The molecule has 0 atom stereocenters. The van der Waals surface area contributed by atoms with Gasteiger partial charge in [-0.1, -0.05) is 0 Å². The number of ether oxygens (including phenoxy) is 2. The molecule has 6 heteroatoms. The van der Waals surface area contributed by atoms with Crippen LogP contribution in [-0.4, -0.2) is 30.8 Å². The maximum atomic E-state index is 12.5. The van der Waals surface area contributed by atoms with Crippen LogP contribution >= 0.6 is 0 Å². The van der Waals surface area contributed by atoms with E-state index in [1.54, 1.807) is 6.07 Å². The van der Waals surface area contributed by atoms with Crippen LogP contribution in [0.5, 0.6) is 5.75 Å². The molecule has 0 saturated carbocycles. The van der Waals surface area contributed by atoms with Gasteiger partial charge in [0.1, 0.15) is 16.9 Å². The van der Waals surface area contributed by atoms with Gasteiger partial charge in [0.25, 0.3) is 0 Å². The number of benzene rings is 1. The van der Waals surface area contributed by atoms with E-state index >= 15 is 0 Å². The van der Waals surface area contributed by atoms with E-state index in [4.69, 9.17) is 13.9 Å². The Hall–Kier alpha value is -2.34. The standard InChI is InChI=1S/C23H31NO5/c1-14(2)27-10-6-9-24-21(25)12-18-15(3)17-11-16-7-8-23(4,5)29-19(16)13-20(17)28-22(18)26/h11,13-14H,6-10,12H2,1-5H3,(H,24,25). The van der Waals surface area contributed by atoms with Gasteiger partial charge in [-0.15, -0.1) is 0 Å². The lowest BCUT2D eigenvalue weighted by Crippen LogP contribution is -2.32. The SMILES string of the molecule is Cc1c(CC(=O)NCCCOC(C)C)c(=O)oc2cc3c(cc12)CCC(C)(C)O3. The van der Waals surface area contributed by atoms with E-state index in [1.807, 2.05) is 26.8 Å². The number of amides is 1. The van der Waals surface area contributed by atoms with Crippen LogP contribution in [0, 0.1) is 6.92 Å². The molecule has 1 aliphatic rings. The normalized spacial score (nSPS) is 15.2. The fourth-order valence-corrected chi connectivity index (χ4v) is 3.58. The molecule has 3 rings (SSSR count). The Morgan fingerprint density at radius 3 is 2.79 bits per heavy atom. The van der Waals surface area contributed by atoms with Gasteiger partial charge in [0.15, 0.2) is 0 Å². The highest BCUT2D eigenvalue weighted by Gasteiger charge is 2.27. The Balaban J connectivity index is 1.76. The monoisotopic (exact) mass is 401 g/mol. The van der Waals surface area contributed by atoms with E-state index in [0.717, 1.165) is 41.5 Å². The first-order chi connectivity index (χ1) is 13.7. The molecule has 2 aromatic rings. The molecule has 29 heavy (non-hydrogen) atoms. The lowest BCUT2D eigenvalue weighted by molar-refractivity contribution is -0.120. The molecule has 0 aliphatic carbocycles. The number of hydrogen-bond donors (Lipinski definition) is 1. The van der Waals surface area contributed by atoms with E-state index in [9.17, 15) is 9.59 Å². The van der Waals surface area contributed by atoms with Crippen molar-refractivity contribution >= 4 is 16.9 Å². The third-order valence-electron chi connectivity index (χ3n) is 5.28. The molecule has 0 unspecified atom stereocenters. The van der Waals surface area contributed by atoms with Crippen LogP contribution in [-0.2, 0) is 22.4 Å². The number of carbonyl (C=O) groups is 1. The second-order valence-electron chi connectivity index (χ2n) is 8.61. The van der Waals surface area contributed by atoms with Gasteiger partial charge in [-0.3, -0.25) is 4.79 Å². The number of hydrogen-bond acceptors (Lipinski definition) is 5. The molecular formula is C23H31NO5. The third kappa shape index (κ3) is 5.18. The van der Waals surface area contributed by atoms with Crippen molar-refractivity contribution in [1.82, 2.24) is 5.32 Å². The summed E-state index contributed by atoms with van der Waals surface area (Å²) < 4.78 is 17.0. The summed E-state index contributed by atoms with van der Waals surface area (Å²) in [5.74, 6) is 0.581. The molecule has 1 amide bonds. The van der Waals surface area contributed by atoms with Crippen molar-refractivity contribution < 1.29 is 18.7 Å². The van der Waals surface area contributed by atoms with Crippen LogP contribution in [0.2, 0.25) is 0 Å².